The molecule has 0 aliphatic heterocycles. The molecule has 1 heterocycles. The zero-order chi connectivity index (χ0) is 18.1. The molecule has 0 N–H and O–H groups in total. The zero-order valence-corrected chi connectivity index (χ0v) is 15.0. The lowest BCUT2D eigenvalue weighted by Crippen LogP contribution is -2.26. The molecule has 0 amide bonds. The number of pyridine rings is 1. The van der Waals surface area contributed by atoms with Crippen LogP contribution in [0.3, 0.4) is 0 Å². The molecule has 1 aliphatic carbocycles. The van der Waals surface area contributed by atoms with E-state index in [0.717, 1.165) is 29.2 Å². The lowest BCUT2D eigenvalue weighted by molar-refractivity contribution is 0.950. The molecule has 0 saturated carbocycles. The number of hydrogen-bond donors (Lipinski definition) is 0. The summed E-state index contributed by atoms with van der Waals surface area (Å²) in [6.45, 7) is 12.3. The largest absolute Gasteiger partial charge is 0.320 e. The fourth-order valence-electron chi connectivity index (χ4n) is 2.46. The van der Waals surface area contributed by atoms with Crippen LogP contribution in [0.2, 0.25) is 0 Å². The first-order chi connectivity index (χ1) is 12.2. The second-order valence-corrected chi connectivity index (χ2v) is 5.80. The van der Waals surface area contributed by atoms with E-state index in [2.05, 4.69) is 64.6 Å². The third-order valence-corrected chi connectivity index (χ3v) is 3.93. The molecule has 2 rings (SSSR count). The zero-order valence-electron chi connectivity index (χ0n) is 15.0. The van der Waals surface area contributed by atoms with E-state index in [-0.39, 0.29) is 0 Å². The average molecular weight is 331 g/mol. The summed E-state index contributed by atoms with van der Waals surface area (Å²) < 4.78 is 0. The summed E-state index contributed by atoms with van der Waals surface area (Å²) in [4.78, 5) is 10.9. The lowest BCUT2D eigenvalue weighted by Gasteiger charge is -2.27. The summed E-state index contributed by atoms with van der Waals surface area (Å²) in [6.07, 6.45) is 17.3. The Kier molecular flexibility index (Phi) is 6.90. The minimum atomic E-state index is 0.707. The fraction of sp³-hybridized carbons (Fsp3) is 0.182. The highest BCUT2D eigenvalue weighted by atomic mass is 15.2. The first-order valence-corrected chi connectivity index (χ1v) is 8.35. The normalized spacial score (nSPS) is 15.1. The van der Waals surface area contributed by atoms with Gasteiger partial charge in [-0.15, -0.1) is 0 Å². The predicted molar refractivity (Wildman–Crippen MR) is 109 cm³/mol. The van der Waals surface area contributed by atoms with Crippen LogP contribution in [0.5, 0.6) is 0 Å². The number of aliphatic imine (C=N–C) groups is 1. The van der Waals surface area contributed by atoms with Crippen LogP contribution in [-0.2, 0) is 0 Å². The van der Waals surface area contributed by atoms with Crippen molar-refractivity contribution in [2.75, 3.05) is 11.4 Å². The molecule has 0 spiro atoms. The molecule has 3 heteroatoms. The van der Waals surface area contributed by atoms with Crippen molar-refractivity contribution < 1.29 is 0 Å². The van der Waals surface area contributed by atoms with Gasteiger partial charge in [0.15, 0.2) is 0 Å². The highest BCUT2D eigenvalue weighted by Gasteiger charge is 2.15. The van der Waals surface area contributed by atoms with Crippen LogP contribution in [0.25, 0.3) is 0 Å². The minimum Gasteiger partial charge on any atom is -0.320 e. The number of aromatic nitrogens is 1. The van der Waals surface area contributed by atoms with E-state index in [4.69, 9.17) is 0 Å². The van der Waals surface area contributed by atoms with Crippen LogP contribution in [0.15, 0.2) is 101 Å². The summed E-state index contributed by atoms with van der Waals surface area (Å²) in [6, 6.07) is 5.92. The van der Waals surface area contributed by atoms with Crippen molar-refractivity contribution in [3.8, 4) is 0 Å². The van der Waals surface area contributed by atoms with E-state index in [9.17, 15) is 0 Å². The molecular weight excluding hydrogens is 306 g/mol. The van der Waals surface area contributed by atoms with E-state index in [1.165, 1.54) is 5.57 Å². The van der Waals surface area contributed by atoms with Gasteiger partial charge < -0.3 is 4.90 Å². The summed E-state index contributed by atoms with van der Waals surface area (Å²) in [5, 5.41) is 0. The Morgan fingerprint density at radius 2 is 2.16 bits per heavy atom. The molecule has 0 aromatic carbocycles. The topological polar surface area (TPSA) is 28.5 Å². The van der Waals surface area contributed by atoms with Gasteiger partial charge in [-0.1, -0.05) is 49.1 Å². The van der Waals surface area contributed by atoms with Gasteiger partial charge in [-0.05, 0) is 56.3 Å². The predicted octanol–water partition coefficient (Wildman–Crippen LogP) is 5.39. The molecule has 0 atom stereocenters. The molecule has 0 unspecified atom stereocenters. The number of hydrogen-bond acceptors (Lipinski definition) is 3. The lowest BCUT2D eigenvalue weighted by atomic mass is 10.1. The summed E-state index contributed by atoms with van der Waals surface area (Å²) in [5.41, 5.74) is 4.11. The monoisotopic (exact) mass is 331 g/mol. The van der Waals surface area contributed by atoms with Crippen molar-refractivity contribution in [3.63, 3.8) is 0 Å². The number of anilines is 1. The second kappa shape index (κ2) is 9.38. The van der Waals surface area contributed by atoms with Gasteiger partial charge in [0.25, 0.3) is 0 Å². The van der Waals surface area contributed by atoms with Gasteiger partial charge in [0.05, 0.1) is 11.4 Å². The second-order valence-electron chi connectivity index (χ2n) is 5.80. The Hall–Kier alpha value is -2.94. The van der Waals surface area contributed by atoms with Gasteiger partial charge >= 0.3 is 0 Å². The molecular formula is C22H25N3. The molecule has 1 aliphatic rings. The van der Waals surface area contributed by atoms with Crippen molar-refractivity contribution in [3.05, 3.63) is 96.0 Å². The maximum Gasteiger partial charge on any atom is 0.133 e. The highest BCUT2D eigenvalue weighted by Crippen LogP contribution is 2.24. The maximum atomic E-state index is 4.55. The molecule has 0 fully saturated rings. The van der Waals surface area contributed by atoms with Crippen LogP contribution < -0.4 is 4.90 Å². The molecule has 0 saturated heterocycles. The quantitative estimate of drug-likeness (QED) is 0.495. The third-order valence-electron chi connectivity index (χ3n) is 3.93. The Labute approximate surface area is 150 Å². The van der Waals surface area contributed by atoms with Crippen LogP contribution in [0.1, 0.15) is 20.3 Å². The van der Waals surface area contributed by atoms with Crippen LogP contribution in [0, 0.1) is 0 Å². The van der Waals surface area contributed by atoms with E-state index >= 15 is 0 Å². The summed E-state index contributed by atoms with van der Waals surface area (Å²) in [7, 11) is 0. The van der Waals surface area contributed by atoms with Gasteiger partial charge in [0.2, 0.25) is 0 Å². The molecule has 1 aromatic rings. The first-order valence-electron chi connectivity index (χ1n) is 8.35. The summed E-state index contributed by atoms with van der Waals surface area (Å²) >= 11 is 0. The van der Waals surface area contributed by atoms with Crippen molar-refractivity contribution >= 4 is 12.5 Å². The van der Waals surface area contributed by atoms with Crippen LogP contribution in [-0.4, -0.2) is 18.2 Å². The third kappa shape index (κ3) is 5.28. The van der Waals surface area contributed by atoms with Crippen LogP contribution in [0.4, 0.5) is 5.82 Å². The smallest absolute Gasteiger partial charge is 0.133 e. The standard InChI is InChI=1S/C22H25N3/c1-5-18(2)16-21(19(3)23-4)25(22-14-10-11-15-24-22)17-20-12-8-6-7-9-13-20/h5-8,10-16H,1,4,9,17H2,2-3H3/b18-16-,21-19-. The van der Waals surface area contributed by atoms with E-state index in [1.54, 1.807) is 6.20 Å². The first kappa shape index (κ1) is 18.4. The number of rotatable bonds is 7. The highest BCUT2D eigenvalue weighted by molar-refractivity contribution is 5.55. The Bertz CT molecular complexity index is 762. The fourth-order valence-corrected chi connectivity index (χ4v) is 2.46. The Morgan fingerprint density at radius 3 is 2.84 bits per heavy atom. The van der Waals surface area contributed by atoms with Gasteiger partial charge in [0.1, 0.15) is 5.82 Å². The van der Waals surface area contributed by atoms with Gasteiger partial charge in [0, 0.05) is 12.7 Å². The van der Waals surface area contributed by atoms with Crippen molar-refractivity contribution in [1.29, 1.82) is 0 Å². The van der Waals surface area contributed by atoms with E-state index in [0.29, 0.717) is 6.54 Å². The molecule has 0 radical (unpaired) electrons. The van der Waals surface area contributed by atoms with Crippen LogP contribution >= 0.6 is 0 Å². The van der Waals surface area contributed by atoms with E-state index in [1.807, 2.05) is 38.1 Å². The molecule has 3 nitrogen and oxygen atoms in total. The molecule has 0 bridgehead atoms. The van der Waals surface area contributed by atoms with Crippen molar-refractivity contribution in [2.24, 2.45) is 4.99 Å². The van der Waals surface area contributed by atoms with Crippen molar-refractivity contribution in [1.82, 2.24) is 4.98 Å². The molecule has 1 aromatic heterocycles. The van der Waals surface area contributed by atoms with Gasteiger partial charge in [-0.3, -0.25) is 4.99 Å². The SMILES string of the molecule is C=C/C(C)=C\C(=C(/C)N=C)N(CC1=CCC=CC=C1)c1ccccn1. The molecule has 25 heavy (non-hydrogen) atoms. The maximum absolute atomic E-state index is 4.55. The number of nitrogens with zero attached hydrogens (tertiary/aromatic N) is 3. The minimum absolute atomic E-state index is 0.707. The average Bonchev–Trinajstić information content (AvgIpc) is 2.93. The van der Waals surface area contributed by atoms with E-state index < -0.39 is 0 Å². The summed E-state index contributed by atoms with van der Waals surface area (Å²) in [5.74, 6) is 0.875. The molecule has 128 valence electrons. The van der Waals surface area contributed by atoms with Gasteiger partial charge in [-0.25, -0.2) is 4.98 Å². The van der Waals surface area contributed by atoms with Gasteiger partial charge in [-0.2, -0.15) is 0 Å². The van der Waals surface area contributed by atoms with Crippen molar-refractivity contribution in [2.45, 2.75) is 20.3 Å². The number of allylic oxidation sites excluding steroid dienone is 8. The Morgan fingerprint density at radius 1 is 1.32 bits per heavy atom. The Balaban J connectivity index is 2.51.